The molecule has 0 aliphatic heterocycles. The SMILES string of the molecule is CCc1ccc(C(=O)[C@@H](C)Sc2nnc(-c3ccccc3C)n2CC)cc1. The molecular weight excluding hydrogens is 354 g/mol. The lowest BCUT2D eigenvalue weighted by Crippen LogP contribution is -2.15. The van der Waals surface area contributed by atoms with Crippen LogP contribution in [0.4, 0.5) is 0 Å². The van der Waals surface area contributed by atoms with Crippen molar-refractivity contribution in [3.8, 4) is 11.4 Å². The predicted octanol–water partition coefficient (Wildman–Crippen LogP) is 5.20. The van der Waals surface area contributed by atoms with Crippen molar-refractivity contribution in [1.82, 2.24) is 14.8 Å². The van der Waals surface area contributed by atoms with Crippen molar-refractivity contribution in [2.75, 3.05) is 0 Å². The van der Waals surface area contributed by atoms with E-state index in [4.69, 9.17) is 0 Å². The molecule has 0 bridgehead atoms. The third kappa shape index (κ3) is 4.14. The minimum atomic E-state index is -0.225. The molecule has 0 radical (unpaired) electrons. The van der Waals surface area contributed by atoms with Crippen molar-refractivity contribution in [3.05, 3.63) is 65.2 Å². The van der Waals surface area contributed by atoms with E-state index in [0.717, 1.165) is 40.6 Å². The maximum atomic E-state index is 12.8. The van der Waals surface area contributed by atoms with Crippen LogP contribution in [0.15, 0.2) is 53.7 Å². The molecule has 0 saturated carbocycles. The summed E-state index contributed by atoms with van der Waals surface area (Å²) in [5.41, 5.74) is 4.22. The maximum Gasteiger partial charge on any atom is 0.192 e. The Bertz CT molecular complexity index is 931. The minimum Gasteiger partial charge on any atom is -0.302 e. The fourth-order valence-electron chi connectivity index (χ4n) is 3.04. The molecule has 3 aromatic rings. The molecule has 5 heteroatoms. The second-order valence-electron chi connectivity index (χ2n) is 6.54. The van der Waals surface area contributed by atoms with E-state index < -0.39 is 0 Å². The van der Waals surface area contributed by atoms with Gasteiger partial charge < -0.3 is 4.57 Å². The van der Waals surface area contributed by atoms with Crippen LogP contribution in [-0.4, -0.2) is 25.8 Å². The first-order valence-electron chi connectivity index (χ1n) is 9.34. The highest BCUT2D eigenvalue weighted by Gasteiger charge is 2.21. The number of benzene rings is 2. The van der Waals surface area contributed by atoms with Gasteiger partial charge in [0.05, 0.1) is 5.25 Å². The summed E-state index contributed by atoms with van der Waals surface area (Å²) in [7, 11) is 0. The summed E-state index contributed by atoms with van der Waals surface area (Å²) in [5, 5.41) is 9.33. The number of hydrogen-bond acceptors (Lipinski definition) is 4. The van der Waals surface area contributed by atoms with Crippen LogP contribution >= 0.6 is 11.8 Å². The van der Waals surface area contributed by atoms with Gasteiger partial charge in [-0.15, -0.1) is 10.2 Å². The maximum absolute atomic E-state index is 12.8. The Morgan fingerprint density at radius 2 is 1.78 bits per heavy atom. The summed E-state index contributed by atoms with van der Waals surface area (Å²) in [4.78, 5) is 12.8. The molecule has 0 saturated heterocycles. The largest absolute Gasteiger partial charge is 0.302 e. The Kier molecular flexibility index (Phi) is 6.11. The number of thioether (sulfide) groups is 1. The molecular formula is C22H25N3OS. The summed E-state index contributed by atoms with van der Waals surface area (Å²) < 4.78 is 2.08. The fourth-order valence-corrected chi connectivity index (χ4v) is 4.03. The van der Waals surface area contributed by atoms with Crippen molar-refractivity contribution in [2.45, 2.75) is 51.1 Å². The average Bonchev–Trinajstić information content (AvgIpc) is 3.10. The molecule has 0 N–H and O–H groups in total. The van der Waals surface area contributed by atoms with Gasteiger partial charge in [-0.1, -0.05) is 67.2 Å². The van der Waals surface area contributed by atoms with Crippen molar-refractivity contribution in [1.29, 1.82) is 0 Å². The van der Waals surface area contributed by atoms with Crippen LogP contribution in [0.25, 0.3) is 11.4 Å². The van der Waals surface area contributed by atoms with E-state index in [0.29, 0.717) is 0 Å². The van der Waals surface area contributed by atoms with Crippen LogP contribution in [0.1, 0.15) is 42.3 Å². The van der Waals surface area contributed by atoms with Crippen molar-refractivity contribution < 1.29 is 4.79 Å². The molecule has 1 heterocycles. The molecule has 0 unspecified atom stereocenters. The monoisotopic (exact) mass is 379 g/mol. The van der Waals surface area contributed by atoms with E-state index in [2.05, 4.69) is 47.7 Å². The van der Waals surface area contributed by atoms with Crippen LogP contribution in [0.3, 0.4) is 0 Å². The molecule has 1 aromatic heterocycles. The van der Waals surface area contributed by atoms with Gasteiger partial charge in [-0.2, -0.15) is 0 Å². The van der Waals surface area contributed by atoms with Crippen LogP contribution in [0.5, 0.6) is 0 Å². The molecule has 140 valence electrons. The van der Waals surface area contributed by atoms with Gasteiger partial charge in [0.1, 0.15) is 0 Å². The van der Waals surface area contributed by atoms with Gasteiger partial charge in [0.2, 0.25) is 0 Å². The lowest BCUT2D eigenvalue weighted by molar-refractivity contribution is 0.0994. The fraction of sp³-hybridized carbons (Fsp3) is 0.318. The molecule has 0 spiro atoms. The van der Waals surface area contributed by atoms with Gasteiger partial charge in [0.25, 0.3) is 0 Å². The number of ketones is 1. The molecule has 27 heavy (non-hydrogen) atoms. The molecule has 0 aliphatic carbocycles. The zero-order valence-electron chi connectivity index (χ0n) is 16.3. The lowest BCUT2D eigenvalue weighted by Gasteiger charge is -2.12. The second-order valence-corrected chi connectivity index (χ2v) is 7.85. The highest BCUT2D eigenvalue weighted by Crippen LogP contribution is 2.29. The molecule has 0 fully saturated rings. The number of rotatable bonds is 7. The van der Waals surface area contributed by atoms with Gasteiger partial charge in [0, 0.05) is 17.7 Å². The quantitative estimate of drug-likeness (QED) is 0.418. The van der Waals surface area contributed by atoms with E-state index in [1.807, 2.05) is 43.3 Å². The van der Waals surface area contributed by atoms with Crippen molar-refractivity contribution in [3.63, 3.8) is 0 Å². The van der Waals surface area contributed by atoms with Gasteiger partial charge in [-0.3, -0.25) is 4.79 Å². The topological polar surface area (TPSA) is 47.8 Å². The van der Waals surface area contributed by atoms with Gasteiger partial charge in [-0.25, -0.2) is 0 Å². The predicted molar refractivity (Wildman–Crippen MR) is 111 cm³/mol. The molecule has 1 atom stereocenters. The average molecular weight is 380 g/mol. The highest BCUT2D eigenvalue weighted by atomic mass is 32.2. The molecule has 0 amide bonds. The Balaban J connectivity index is 1.82. The number of Topliss-reactive ketones (excluding diaryl/α,β-unsaturated/α-hetero) is 1. The molecule has 4 nitrogen and oxygen atoms in total. The van der Waals surface area contributed by atoms with Crippen LogP contribution in [0.2, 0.25) is 0 Å². The Morgan fingerprint density at radius 3 is 2.41 bits per heavy atom. The van der Waals surface area contributed by atoms with Gasteiger partial charge >= 0.3 is 0 Å². The van der Waals surface area contributed by atoms with Gasteiger partial charge in [0.15, 0.2) is 16.8 Å². The first-order chi connectivity index (χ1) is 13.0. The lowest BCUT2D eigenvalue weighted by atomic mass is 10.1. The third-order valence-electron chi connectivity index (χ3n) is 4.72. The van der Waals surface area contributed by atoms with E-state index >= 15 is 0 Å². The molecule has 0 aliphatic rings. The van der Waals surface area contributed by atoms with Crippen molar-refractivity contribution in [2.24, 2.45) is 0 Å². The smallest absolute Gasteiger partial charge is 0.192 e. The van der Waals surface area contributed by atoms with Gasteiger partial charge in [-0.05, 0) is 38.3 Å². The second kappa shape index (κ2) is 8.53. The zero-order valence-corrected chi connectivity index (χ0v) is 17.1. The number of carbonyl (C=O) groups excluding carboxylic acids is 1. The number of aromatic nitrogens is 3. The Hall–Kier alpha value is -2.40. The van der Waals surface area contributed by atoms with E-state index in [1.54, 1.807) is 0 Å². The van der Waals surface area contributed by atoms with E-state index in [1.165, 1.54) is 17.3 Å². The molecule has 3 rings (SSSR count). The zero-order chi connectivity index (χ0) is 19.4. The number of carbonyl (C=O) groups is 1. The highest BCUT2D eigenvalue weighted by molar-refractivity contribution is 8.00. The number of hydrogen-bond donors (Lipinski definition) is 0. The summed E-state index contributed by atoms with van der Waals surface area (Å²) in [5.74, 6) is 0.968. The first-order valence-corrected chi connectivity index (χ1v) is 10.2. The van der Waals surface area contributed by atoms with Crippen LogP contribution in [-0.2, 0) is 13.0 Å². The first kappa shape index (κ1) is 19.4. The number of nitrogens with zero attached hydrogens (tertiary/aromatic N) is 3. The number of aryl methyl sites for hydroxylation is 2. The van der Waals surface area contributed by atoms with E-state index in [-0.39, 0.29) is 11.0 Å². The normalized spacial score (nSPS) is 12.1. The summed E-state index contributed by atoms with van der Waals surface area (Å²) in [6, 6.07) is 16.0. The Morgan fingerprint density at radius 1 is 1.07 bits per heavy atom. The molecule has 2 aromatic carbocycles. The summed E-state index contributed by atoms with van der Waals surface area (Å²) >= 11 is 1.47. The summed E-state index contributed by atoms with van der Waals surface area (Å²) in [6.07, 6.45) is 0.972. The van der Waals surface area contributed by atoms with Crippen LogP contribution in [0, 0.1) is 6.92 Å². The third-order valence-corrected chi connectivity index (χ3v) is 5.80. The van der Waals surface area contributed by atoms with Crippen molar-refractivity contribution >= 4 is 17.5 Å². The van der Waals surface area contributed by atoms with E-state index in [9.17, 15) is 4.79 Å². The van der Waals surface area contributed by atoms with Crippen LogP contribution < -0.4 is 0 Å². The summed E-state index contributed by atoms with van der Waals surface area (Å²) in [6.45, 7) is 8.95. The minimum absolute atomic E-state index is 0.116. The Labute approximate surface area is 165 Å². The standard InChI is InChI=1S/C22H25N3OS/c1-5-17-11-13-18(14-12-17)20(26)16(4)27-22-24-23-21(25(22)6-2)19-10-8-7-9-15(19)3/h7-14,16H,5-6H2,1-4H3/t16-/m1/s1.